The average Bonchev–Trinajstić information content (AvgIpc) is 2.75. The molecule has 2 rings (SSSR count). The first kappa shape index (κ1) is 14.7. The summed E-state index contributed by atoms with van der Waals surface area (Å²) in [6.45, 7) is 6.39. The van der Waals surface area contributed by atoms with E-state index in [2.05, 4.69) is 30.9 Å². The standard InChI is InChI=1S/C15H20FN3O/c1-15(2,3)9-10(17)8-13-18-14(19-20-13)11-6-4-5-7-12(11)16/h4-7,10H,8-9,17H2,1-3H3. The second kappa shape index (κ2) is 5.71. The van der Waals surface area contributed by atoms with Gasteiger partial charge in [-0.25, -0.2) is 4.39 Å². The quantitative estimate of drug-likeness (QED) is 0.932. The van der Waals surface area contributed by atoms with Crippen molar-refractivity contribution in [1.82, 2.24) is 10.1 Å². The summed E-state index contributed by atoms with van der Waals surface area (Å²) >= 11 is 0. The summed E-state index contributed by atoms with van der Waals surface area (Å²) in [7, 11) is 0. The fraction of sp³-hybridized carbons (Fsp3) is 0.467. The summed E-state index contributed by atoms with van der Waals surface area (Å²) in [5, 5.41) is 3.82. The molecule has 0 fully saturated rings. The minimum absolute atomic E-state index is 0.0519. The van der Waals surface area contributed by atoms with E-state index < -0.39 is 0 Å². The lowest BCUT2D eigenvalue weighted by Crippen LogP contribution is -2.28. The van der Waals surface area contributed by atoms with Crippen LogP contribution in [0.15, 0.2) is 28.8 Å². The molecule has 0 amide bonds. The maximum atomic E-state index is 13.6. The Morgan fingerprint density at radius 1 is 1.30 bits per heavy atom. The van der Waals surface area contributed by atoms with Gasteiger partial charge in [-0.2, -0.15) is 4.98 Å². The molecule has 1 atom stereocenters. The smallest absolute Gasteiger partial charge is 0.228 e. The van der Waals surface area contributed by atoms with Crippen molar-refractivity contribution in [3.8, 4) is 11.4 Å². The zero-order valence-corrected chi connectivity index (χ0v) is 12.1. The zero-order chi connectivity index (χ0) is 14.8. The van der Waals surface area contributed by atoms with Crippen LogP contribution in [0.2, 0.25) is 0 Å². The van der Waals surface area contributed by atoms with E-state index in [1.54, 1.807) is 18.2 Å². The molecule has 0 spiro atoms. The lowest BCUT2D eigenvalue weighted by atomic mass is 9.87. The molecule has 0 saturated heterocycles. The Hall–Kier alpha value is -1.75. The lowest BCUT2D eigenvalue weighted by Gasteiger charge is -2.21. The fourth-order valence-electron chi connectivity index (χ4n) is 2.17. The maximum absolute atomic E-state index is 13.6. The highest BCUT2D eigenvalue weighted by molar-refractivity contribution is 5.54. The van der Waals surface area contributed by atoms with Gasteiger partial charge in [0.15, 0.2) is 0 Å². The summed E-state index contributed by atoms with van der Waals surface area (Å²) in [6.07, 6.45) is 1.35. The van der Waals surface area contributed by atoms with E-state index in [1.165, 1.54) is 6.07 Å². The largest absolute Gasteiger partial charge is 0.339 e. The minimum Gasteiger partial charge on any atom is -0.339 e. The fourth-order valence-corrected chi connectivity index (χ4v) is 2.17. The number of hydrogen-bond donors (Lipinski definition) is 1. The molecule has 5 heteroatoms. The van der Waals surface area contributed by atoms with Crippen molar-refractivity contribution >= 4 is 0 Å². The number of nitrogens with two attached hydrogens (primary N) is 1. The van der Waals surface area contributed by atoms with E-state index >= 15 is 0 Å². The Morgan fingerprint density at radius 3 is 2.65 bits per heavy atom. The van der Waals surface area contributed by atoms with Crippen molar-refractivity contribution in [2.45, 2.75) is 39.7 Å². The van der Waals surface area contributed by atoms with Gasteiger partial charge in [-0.15, -0.1) is 0 Å². The Kier molecular flexibility index (Phi) is 4.18. The predicted octanol–water partition coefficient (Wildman–Crippen LogP) is 3.18. The van der Waals surface area contributed by atoms with Crippen molar-refractivity contribution < 1.29 is 8.91 Å². The van der Waals surface area contributed by atoms with Crippen molar-refractivity contribution in [1.29, 1.82) is 0 Å². The Bertz CT molecular complexity index is 574. The van der Waals surface area contributed by atoms with Gasteiger partial charge in [-0.05, 0) is 24.0 Å². The van der Waals surface area contributed by atoms with Crippen molar-refractivity contribution in [3.05, 3.63) is 36.0 Å². The first-order valence-electron chi connectivity index (χ1n) is 6.68. The molecule has 0 aliphatic rings. The molecule has 0 aliphatic carbocycles. The van der Waals surface area contributed by atoms with Gasteiger partial charge in [-0.3, -0.25) is 0 Å². The molecule has 0 aliphatic heterocycles. The molecule has 1 unspecified atom stereocenters. The van der Waals surface area contributed by atoms with Crippen molar-refractivity contribution in [2.75, 3.05) is 0 Å². The van der Waals surface area contributed by atoms with Crippen molar-refractivity contribution in [2.24, 2.45) is 11.1 Å². The van der Waals surface area contributed by atoms with Crippen molar-refractivity contribution in [3.63, 3.8) is 0 Å². The second-order valence-electron chi connectivity index (χ2n) is 6.22. The molecule has 1 aromatic carbocycles. The molecule has 1 heterocycles. The average molecular weight is 277 g/mol. The number of benzene rings is 1. The number of halogens is 1. The summed E-state index contributed by atoms with van der Waals surface area (Å²) in [4.78, 5) is 4.21. The first-order chi connectivity index (χ1) is 9.35. The predicted molar refractivity (Wildman–Crippen MR) is 75.4 cm³/mol. The van der Waals surface area contributed by atoms with Gasteiger partial charge in [0, 0.05) is 12.5 Å². The minimum atomic E-state index is -0.362. The van der Waals surface area contributed by atoms with E-state index in [1.807, 2.05) is 0 Å². The number of rotatable bonds is 4. The normalized spacial score (nSPS) is 13.4. The summed E-state index contributed by atoms with van der Waals surface area (Å²) in [5.74, 6) is 0.347. The Balaban J connectivity index is 2.08. The highest BCUT2D eigenvalue weighted by Crippen LogP contribution is 2.23. The van der Waals surface area contributed by atoms with Crippen LogP contribution in [-0.2, 0) is 6.42 Å². The van der Waals surface area contributed by atoms with Gasteiger partial charge in [0.05, 0.1) is 5.56 Å². The van der Waals surface area contributed by atoms with E-state index in [0.717, 1.165) is 6.42 Å². The lowest BCUT2D eigenvalue weighted by molar-refractivity contribution is 0.313. The van der Waals surface area contributed by atoms with Crippen LogP contribution in [0.3, 0.4) is 0 Å². The third-order valence-electron chi connectivity index (χ3n) is 2.89. The second-order valence-corrected chi connectivity index (χ2v) is 6.22. The summed E-state index contributed by atoms with van der Waals surface area (Å²) in [6, 6.07) is 6.30. The maximum Gasteiger partial charge on any atom is 0.228 e. The van der Waals surface area contributed by atoms with Crippen LogP contribution in [0.5, 0.6) is 0 Å². The number of nitrogens with zero attached hydrogens (tertiary/aromatic N) is 2. The van der Waals surface area contributed by atoms with Crippen LogP contribution in [0.25, 0.3) is 11.4 Å². The molecule has 4 nitrogen and oxygen atoms in total. The van der Waals surface area contributed by atoms with Gasteiger partial charge in [-0.1, -0.05) is 38.1 Å². The Morgan fingerprint density at radius 2 is 2.00 bits per heavy atom. The highest BCUT2D eigenvalue weighted by atomic mass is 19.1. The Labute approximate surface area is 118 Å². The third-order valence-corrected chi connectivity index (χ3v) is 2.89. The van der Waals surface area contributed by atoms with E-state index in [4.69, 9.17) is 10.3 Å². The first-order valence-corrected chi connectivity index (χ1v) is 6.68. The molecule has 108 valence electrons. The van der Waals surface area contributed by atoms with E-state index in [0.29, 0.717) is 17.9 Å². The van der Waals surface area contributed by atoms with Crippen LogP contribution in [0, 0.1) is 11.2 Å². The molecule has 0 radical (unpaired) electrons. The van der Waals surface area contributed by atoms with Crippen LogP contribution < -0.4 is 5.73 Å². The van der Waals surface area contributed by atoms with Crippen LogP contribution >= 0.6 is 0 Å². The van der Waals surface area contributed by atoms with Crippen LogP contribution in [0.1, 0.15) is 33.1 Å². The van der Waals surface area contributed by atoms with Gasteiger partial charge < -0.3 is 10.3 Å². The molecular weight excluding hydrogens is 257 g/mol. The van der Waals surface area contributed by atoms with Gasteiger partial charge >= 0.3 is 0 Å². The van der Waals surface area contributed by atoms with Crippen LogP contribution in [0.4, 0.5) is 4.39 Å². The van der Waals surface area contributed by atoms with E-state index in [-0.39, 0.29) is 23.1 Å². The molecule has 2 N–H and O–H groups in total. The van der Waals surface area contributed by atoms with Crippen LogP contribution in [-0.4, -0.2) is 16.2 Å². The third kappa shape index (κ3) is 3.87. The number of hydrogen-bond acceptors (Lipinski definition) is 4. The SMILES string of the molecule is CC(C)(C)CC(N)Cc1nc(-c2ccccc2F)no1. The van der Waals surface area contributed by atoms with E-state index in [9.17, 15) is 4.39 Å². The molecule has 0 bridgehead atoms. The highest BCUT2D eigenvalue weighted by Gasteiger charge is 2.19. The molecule has 1 aromatic heterocycles. The summed E-state index contributed by atoms with van der Waals surface area (Å²) < 4.78 is 18.8. The molecule has 20 heavy (non-hydrogen) atoms. The molecular formula is C15H20FN3O. The molecule has 0 saturated carbocycles. The monoisotopic (exact) mass is 277 g/mol. The number of aromatic nitrogens is 2. The van der Waals surface area contributed by atoms with Gasteiger partial charge in [0.2, 0.25) is 11.7 Å². The summed E-state index contributed by atoms with van der Waals surface area (Å²) in [5.41, 5.74) is 6.55. The van der Waals surface area contributed by atoms with Gasteiger partial charge in [0.25, 0.3) is 0 Å². The topological polar surface area (TPSA) is 64.9 Å². The molecule has 2 aromatic rings. The zero-order valence-electron chi connectivity index (χ0n) is 12.1. The van der Waals surface area contributed by atoms with Gasteiger partial charge in [0.1, 0.15) is 5.82 Å².